The normalized spacial score (nSPS) is 11.6. The van der Waals surface area contributed by atoms with Gasteiger partial charge in [-0.2, -0.15) is 0 Å². The van der Waals surface area contributed by atoms with Crippen LogP contribution in [0.5, 0.6) is 0 Å². The van der Waals surface area contributed by atoms with Crippen LogP contribution in [-0.4, -0.2) is 39.4 Å². The van der Waals surface area contributed by atoms with Crippen molar-refractivity contribution in [2.45, 2.75) is 19.9 Å². The average Bonchev–Trinajstić information content (AvgIpc) is 2.95. The summed E-state index contributed by atoms with van der Waals surface area (Å²) < 4.78 is 0. The second-order valence-electron chi connectivity index (χ2n) is 4.43. The molecule has 0 saturated heterocycles. The summed E-state index contributed by atoms with van der Waals surface area (Å²) in [4.78, 5) is 27.1. The van der Waals surface area contributed by atoms with E-state index in [1.54, 1.807) is 30.5 Å². The third-order valence-electron chi connectivity index (χ3n) is 2.90. The van der Waals surface area contributed by atoms with Gasteiger partial charge >= 0.3 is 1.43 Å². The topological polar surface area (TPSA) is 85.0 Å². The molecule has 2 aromatic rings. The summed E-state index contributed by atoms with van der Waals surface area (Å²) in [6.07, 6.45) is 4.78. The van der Waals surface area contributed by atoms with E-state index in [1.165, 1.54) is 11.3 Å². The van der Waals surface area contributed by atoms with Crippen LogP contribution >= 0.6 is 11.3 Å². The lowest BCUT2D eigenvalue weighted by atomic mass is 10.2. The zero-order valence-electron chi connectivity index (χ0n) is 13.1. The van der Waals surface area contributed by atoms with Crippen LogP contribution in [0.15, 0.2) is 18.6 Å². The van der Waals surface area contributed by atoms with Crippen molar-refractivity contribution in [1.82, 2.24) is 19.9 Å². The molecule has 114 valence electrons. The molecule has 2 N–H and O–H groups in total. The Hall–Kier alpha value is -1.57. The Morgan fingerprint density at radius 3 is 2.71 bits per heavy atom. The zero-order chi connectivity index (χ0) is 14.7. The highest BCUT2D eigenvalue weighted by Gasteiger charge is 2.18. The van der Waals surface area contributed by atoms with Gasteiger partial charge in [-0.25, -0.2) is 4.98 Å². The van der Waals surface area contributed by atoms with Crippen LogP contribution < -0.4 is 18.1 Å². The zero-order valence-corrected chi connectivity index (χ0v) is 13.6. The molecule has 0 spiro atoms. The van der Waals surface area contributed by atoms with E-state index >= 15 is 0 Å². The average molecular weight is 328 g/mol. The Morgan fingerprint density at radius 1 is 1.43 bits per heavy atom. The molecule has 0 unspecified atom stereocenters. The number of rotatable bonds is 4. The maximum Gasteiger partial charge on any atom is 1.00 e. The fourth-order valence-electron chi connectivity index (χ4n) is 1.66. The number of nitrogens with two attached hydrogens (primary N) is 1. The largest absolute Gasteiger partial charge is 1.00 e. The Kier molecular flexibility index (Phi) is 6.19. The lowest BCUT2D eigenvalue weighted by Crippen LogP contribution is -3.00. The first kappa shape index (κ1) is 17.5. The maximum absolute atomic E-state index is 12.1. The van der Waals surface area contributed by atoms with E-state index in [0.29, 0.717) is 27.8 Å². The highest BCUT2D eigenvalue weighted by molar-refractivity contribution is 7.16. The molecule has 0 aromatic carbocycles. The summed E-state index contributed by atoms with van der Waals surface area (Å²) >= 11 is 1.31. The number of thiazole rings is 1. The molecule has 2 rings (SSSR count). The van der Waals surface area contributed by atoms with Crippen molar-refractivity contribution in [3.8, 4) is 10.7 Å². The standard InChI is InChI=1S/C13H17N5OS.ClH/c1-4-18(3)13(19)9-7-17-12(20-9)11-10(8(2)14)15-5-6-16-11;/h5-8H,4,14H2,1-3H3;1H/t8-;/m0./s1. The highest BCUT2D eigenvalue weighted by Crippen LogP contribution is 2.28. The summed E-state index contributed by atoms with van der Waals surface area (Å²) in [7, 11) is 1.76. The summed E-state index contributed by atoms with van der Waals surface area (Å²) in [6.45, 7) is 4.43. The van der Waals surface area contributed by atoms with Crippen molar-refractivity contribution in [1.29, 1.82) is 0 Å². The summed E-state index contributed by atoms with van der Waals surface area (Å²) in [5.74, 6) is -0.0394. The predicted octanol–water partition coefficient (Wildman–Crippen LogP) is -1.17. The van der Waals surface area contributed by atoms with Gasteiger partial charge in [0.15, 0.2) is 0 Å². The molecule has 1 atom stereocenters. The van der Waals surface area contributed by atoms with Crippen LogP contribution in [0.3, 0.4) is 0 Å². The minimum Gasteiger partial charge on any atom is -1.00 e. The first-order valence-electron chi connectivity index (χ1n) is 6.32. The van der Waals surface area contributed by atoms with Gasteiger partial charge in [-0.3, -0.25) is 14.8 Å². The van der Waals surface area contributed by atoms with Gasteiger partial charge in [0.1, 0.15) is 15.6 Å². The molecule has 0 aliphatic rings. The van der Waals surface area contributed by atoms with Gasteiger partial charge < -0.3 is 23.0 Å². The van der Waals surface area contributed by atoms with Crippen LogP contribution in [0.2, 0.25) is 0 Å². The van der Waals surface area contributed by atoms with E-state index in [4.69, 9.17) is 5.73 Å². The van der Waals surface area contributed by atoms with E-state index < -0.39 is 0 Å². The van der Waals surface area contributed by atoms with E-state index in [2.05, 4.69) is 15.0 Å². The molecule has 2 aromatic heterocycles. The summed E-state index contributed by atoms with van der Waals surface area (Å²) in [5.41, 5.74) is 7.22. The Balaban J connectivity index is 0.00000220. The number of carbonyl (C=O) groups excluding carboxylic acids is 1. The van der Waals surface area contributed by atoms with Gasteiger partial charge in [-0.05, 0) is 13.8 Å². The number of hydrogen-bond acceptors (Lipinski definition) is 6. The first-order valence-corrected chi connectivity index (χ1v) is 7.14. The molecule has 0 radical (unpaired) electrons. The third-order valence-corrected chi connectivity index (χ3v) is 3.89. The van der Waals surface area contributed by atoms with Gasteiger partial charge in [-0.15, -0.1) is 11.3 Å². The van der Waals surface area contributed by atoms with Crippen LogP contribution in [0.1, 0.15) is 36.7 Å². The molecular formula is C13H18ClN5OS. The smallest absolute Gasteiger partial charge is 1.00 e. The molecule has 0 saturated carbocycles. The van der Waals surface area contributed by atoms with Crippen LogP contribution in [0.4, 0.5) is 0 Å². The van der Waals surface area contributed by atoms with Crippen molar-refractivity contribution in [3.63, 3.8) is 0 Å². The quantitative estimate of drug-likeness (QED) is 0.765. The van der Waals surface area contributed by atoms with Crippen LogP contribution in [0, 0.1) is 0 Å². The lowest BCUT2D eigenvalue weighted by Gasteiger charge is -2.12. The molecule has 1 amide bonds. The molecule has 0 aliphatic heterocycles. The first-order chi connectivity index (χ1) is 9.54. The Morgan fingerprint density at radius 2 is 2.10 bits per heavy atom. The molecule has 0 fully saturated rings. The lowest BCUT2D eigenvalue weighted by molar-refractivity contribution is -0.0000138. The van der Waals surface area contributed by atoms with E-state index in [9.17, 15) is 4.79 Å². The van der Waals surface area contributed by atoms with Gasteiger partial charge in [0.2, 0.25) is 0 Å². The fourth-order valence-corrected chi connectivity index (χ4v) is 2.58. The van der Waals surface area contributed by atoms with Crippen molar-refractivity contribution < 1.29 is 18.6 Å². The number of carbonyl (C=O) groups is 1. The molecule has 6 nitrogen and oxygen atoms in total. The van der Waals surface area contributed by atoms with Crippen molar-refractivity contribution in [2.75, 3.05) is 13.6 Å². The summed E-state index contributed by atoms with van der Waals surface area (Å²) in [5, 5.41) is 0.665. The number of halogens is 1. The molecule has 21 heavy (non-hydrogen) atoms. The number of hydrogen-bond donors (Lipinski definition) is 1. The molecule has 8 heteroatoms. The number of aromatic nitrogens is 3. The summed E-state index contributed by atoms with van der Waals surface area (Å²) in [6, 6.07) is -0.236. The second-order valence-corrected chi connectivity index (χ2v) is 5.46. The molecule has 0 bridgehead atoms. The SMILES string of the molecule is CCN(C)C(=O)c1cnc(-c2nccnc2[C@H](C)N)s1.[Cl-].[H+]. The Labute approximate surface area is 135 Å². The molecule has 2 heterocycles. The predicted molar refractivity (Wildman–Crippen MR) is 79.5 cm³/mol. The van der Waals surface area contributed by atoms with Gasteiger partial charge in [0, 0.05) is 32.0 Å². The third kappa shape index (κ3) is 3.75. The van der Waals surface area contributed by atoms with Crippen molar-refractivity contribution in [2.24, 2.45) is 5.73 Å². The highest BCUT2D eigenvalue weighted by atomic mass is 35.5. The van der Waals surface area contributed by atoms with E-state index in [1.807, 2.05) is 13.8 Å². The monoisotopic (exact) mass is 327 g/mol. The number of nitrogens with zero attached hydrogens (tertiary/aromatic N) is 4. The number of amides is 1. The maximum atomic E-state index is 12.1. The minimum absolute atomic E-state index is 0. The molecular weight excluding hydrogens is 310 g/mol. The van der Waals surface area contributed by atoms with Gasteiger partial charge in [0.25, 0.3) is 5.91 Å². The Bertz CT molecular complexity index is 622. The molecule has 0 aliphatic carbocycles. The minimum atomic E-state index is -0.236. The van der Waals surface area contributed by atoms with Crippen LogP contribution in [-0.2, 0) is 0 Å². The van der Waals surface area contributed by atoms with E-state index in [-0.39, 0.29) is 25.8 Å². The van der Waals surface area contributed by atoms with Crippen molar-refractivity contribution in [3.05, 3.63) is 29.2 Å². The second kappa shape index (κ2) is 7.44. The fraction of sp³-hybridized carbons (Fsp3) is 0.385. The van der Waals surface area contributed by atoms with Crippen molar-refractivity contribution >= 4 is 17.2 Å². The van der Waals surface area contributed by atoms with E-state index in [0.717, 1.165) is 0 Å². The van der Waals surface area contributed by atoms with Crippen LogP contribution in [0.25, 0.3) is 10.7 Å². The van der Waals surface area contributed by atoms with Gasteiger partial charge in [0.05, 0.1) is 11.9 Å². The van der Waals surface area contributed by atoms with Gasteiger partial charge in [-0.1, -0.05) is 0 Å².